The summed E-state index contributed by atoms with van der Waals surface area (Å²) >= 11 is 7.35. The van der Waals surface area contributed by atoms with Crippen molar-refractivity contribution in [2.45, 2.75) is 19.4 Å². The second kappa shape index (κ2) is 5.93. The lowest BCUT2D eigenvalue weighted by atomic mass is 10.1. The fourth-order valence-corrected chi connectivity index (χ4v) is 2.69. The second-order valence-corrected chi connectivity index (χ2v) is 6.00. The molecular formula is C14H13ClN4OS. The smallest absolute Gasteiger partial charge is 0.277 e. The van der Waals surface area contributed by atoms with Gasteiger partial charge in [0.25, 0.3) is 5.89 Å². The summed E-state index contributed by atoms with van der Waals surface area (Å²) in [6, 6.07) is 7.46. The van der Waals surface area contributed by atoms with Gasteiger partial charge in [0.1, 0.15) is 10.7 Å². The van der Waals surface area contributed by atoms with Gasteiger partial charge >= 0.3 is 0 Å². The Hall–Kier alpha value is -1.76. The second-order valence-electron chi connectivity index (χ2n) is 4.68. The Balaban J connectivity index is 1.77. The summed E-state index contributed by atoms with van der Waals surface area (Å²) < 4.78 is 5.26. The number of benzene rings is 1. The molecule has 0 aliphatic rings. The van der Waals surface area contributed by atoms with E-state index in [-0.39, 0.29) is 6.04 Å². The molecule has 0 bridgehead atoms. The third kappa shape index (κ3) is 3.29. The minimum absolute atomic E-state index is 0.0970. The van der Waals surface area contributed by atoms with Gasteiger partial charge in [0, 0.05) is 16.8 Å². The van der Waals surface area contributed by atoms with Crippen LogP contribution in [0.3, 0.4) is 0 Å². The van der Waals surface area contributed by atoms with Crippen LogP contribution in [0.25, 0.3) is 11.6 Å². The number of rotatable bonds is 4. The number of hydrogen-bond acceptors (Lipinski definition) is 6. The highest BCUT2D eigenvalue weighted by Gasteiger charge is 2.14. The van der Waals surface area contributed by atoms with E-state index in [4.69, 9.17) is 21.9 Å². The van der Waals surface area contributed by atoms with Crippen molar-refractivity contribution in [1.82, 2.24) is 15.1 Å². The molecule has 0 spiro atoms. The molecule has 7 heteroatoms. The predicted molar refractivity (Wildman–Crippen MR) is 82.3 cm³/mol. The fraction of sp³-hybridized carbons (Fsp3) is 0.214. The Morgan fingerprint density at radius 1 is 1.29 bits per heavy atom. The van der Waals surface area contributed by atoms with Crippen molar-refractivity contribution >= 4 is 22.9 Å². The van der Waals surface area contributed by atoms with Crippen molar-refractivity contribution in [3.8, 4) is 11.6 Å². The average molecular weight is 321 g/mol. The molecule has 0 saturated carbocycles. The molecular weight excluding hydrogens is 308 g/mol. The third-order valence-corrected chi connectivity index (χ3v) is 4.17. The Morgan fingerprint density at radius 2 is 2.05 bits per heavy atom. The molecule has 5 nitrogen and oxygen atoms in total. The van der Waals surface area contributed by atoms with E-state index in [1.807, 2.05) is 36.6 Å². The Kier molecular flexibility index (Phi) is 4.01. The summed E-state index contributed by atoms with van der Waals surface area (Å²) in [5, 5.41) is 7.41. The van der Waals surface area contributed by atoms with Crippen molar-refractivity contribution in [3.63, 3.8) is 0 Å². The largest absolute Gasteiger partial charge is 0.332 e. The monoisotopic (exact) mass is 320 g/mol. The molecule has 2 N–H and O–H groups in total. The Bertz CT molecular complexity index is 736. The minimum Gasteiger partial charge on any atom is -0.332 e. The Labute approximate surface area is 130 Å². The number of thiazole rings is 1. The van der Waals surface area contributed by atoms with Gasteiger partial charge in [0.2, 0.25) is 0 Å². The van der Waals surface area contributed by atoms with Gasteiger partial charge in [-0.15, -0.1) is 11.3 Å². The molecule has 0 radical (unpaired) electrons. The van der Waals surface area contributed by atoms with E-state index in [0.717, 1.165) is 10.6 Å². The summed E-state index contributed by atoms with van der Waals surface area (Å²) in [5.41, 5.74) is 7.53. The highest BCUT2D eigenvalue weighted by atomic mass is 35.5. The predicted octanol–water partition coefficient (Wildman–Crippen LogP) is 3.46. The molecule has 2 heterocycles. The maximum atomic E-state index is 5.86. The third-order valence-electron chi connectivity index (χ3n) is 2.87. The molecule has 108 valence electrons. The van der Waals surface area contributed by atoms with Crippen molar-refractivity contribution in [1.29, 1.82) is 0 Å². The lowest BCUT2D eigenvalue weighted by Gasteiger charge is -1.96. The van der Waals surface area contributed by atoms with Crippen LogP contribution in [0.2, 0.25) is 5.02 Å². The SMILES string of the molecule is CC(N)c1nc(-c2nc(Cc3ccc(Cl)cc3)no2)cs1. The Morgan fingerprint density at radius 3 is 2.71 bits per heavy atom. The highest BCUT2D eigenvalue weighted by Crippen LogP contribution is 2.23. The molecule has 3 rings (SSSR count). The van der Waals surface area contributed by atoms with Crippen LogP contribution in [0.15, 0.2) is 34.2 Å². The van der Waals surface area contributed by atoms with Crippen LogP contribution < -0.4 is 5.73 Å². The maximum Gasteiger partial charge on any atom is 0.277 e. The van der Waals surface area contributed by atoms with Gasteiger partial charge in [0.05, 0.1) is 6.04 Å². The van der Waals surface area contributed by atoms with Crippen LogP contribution in [0, 0.1) is 0 Å². The summed E-state index contributed by atoms with van der Waals surface area (Å²) in [5.74, 6) is 1.03. The van der Waals surface area contributed by atoms with Crippen LogP contribution in [0.4, 0.5) is 0 Å². The molecule has 21 heavy (non-hydrogen) atoms. The van der Waals surface area contributed by atoms with Gasteiger partial charge in [-0.05, 0) is 24.6 Å². The van der Waals surface area contributed by atoms with Crippen LogP contribution in [0.5, 0.6) is 0 Å². The van der Waals surface area contributed by atoms with E-state index in [1.165, 1.54) is 11.3 Å². The zero-order valence-corrected chi connectivity index (χ0v) is 12.9. The summed E-state index contributed by atoms with van der Waals surface area (Å²) in [6.45, 7) is 1.89. The first kappa shape index (κ1) is 14.2. The summed E-state index contributed by atoms with van der Waals surface area (Å²) in [7, 11) is 0. The molecule has 0 saturated heterocycles. The summed E-state index contributed by atoms with van der Waals surface area (Å²) in [4.78, 5) is 8.76. The van der Waals surface area contributed by atoms with E-state index in [9.17, 15) is 0 Å². The molecule has 3 aromatic rings. The molecule has 0 aliphatic carbocycles. The van der Waals surface area contributed by atoms with E-state index >= 15 is 0 Å². The van der Waals surface area contributed by atoms with Crippen molar-refractivity contribution in [2.24, 2.45) is 5.73 Å². The van der Waals surface area contributed by atoms with Crippen molar-refractivity contribution in [2.75, 3.05) is 0 Å². The quantitative estimate of drug-likeness (QED) is 0.796. The van der Waals surface area contributed by atoms with Gasteiger partial charge < -0.3 is 10.3 Å². The first-order valence-electron chi connectivity index (χ1n) is 6.40. The molecule has 1 atom stereocenters. The lowest BCUT2D eigenvalue weighted by molar-refractivity contribution is 0.423. The van der Waals surface area contributed by atoms with Crippen molar-refractivity contribution in [3.05, 3.63) is 51.1 Å². The van der Waals surface area contributed by atoms with Gasteiger partial charge in [-0.3, -0.25) is 0 Å². The van der Waals surface area contributed by atoms with Gasteiger partial charge in [-0.2, -0.15) is 4.98 Å². The molecule has 0 aliphatic heterocycles. The van der Waals surface area contributed by atoms with E-state index < -0.39 is 0 Å². The molecule has 1 unspecified atom stereocenters. The molecule has 2 aromatic heterocycles. The van der Waals surface area contributed by atoms with Gasteiger partial charge in [0.15, 0.2) is 5.82 Å². The van der Waals surface area contributed by atoms with E-state index in [2.05, 4.69) is 15.1 Å². The van der Waals surface area contributed by atoms with E-state index in [1.54, 1.807) is 0 Å². The number of hydrogen-bond donors (Lipinski definition) is 1. The van der Waals surface area contributed by atoms with Crippen LogP contribution in [-0.2, 0) is 6.42 Å². The molecule has 0 fully saturated rings. The minimum atomic E-state index is -0.0970. The lowest BCUT2D eigenvalue weighted by Crippen LogP contribution is -2.03. The number of aromatic nitrogens is 3. The maximum absolute atomic E-state index is 5.86. The van der Waals surface area contributed by atoms with Crippen molar-refractivity contribution < 1.29 is 4.52 Å². The zero-order valence-electron chi connectivity index (χ0n) is 11.3. The average Bonchev–Trinajstić information content (AvgIpc) is 3.10. The van der Waals surface area contributed by atoms with E-state index in [0.29, 0.717) is 28.9 Å². The van der Waals surface area contributed by atoms with Crippen LogP contribution in [0.1, 0.15) is 29.4 Å². The first-order chi connectivity index (χ1) is 10.1. The topological polar surface area (TPSA) is 77.8 Å². The zero-order chi connectivity index (χ0) is 14.8. The van der Waals surface area contributed by atoms with Gasteiger partial charge in [-0.1, -0.05) is 28.9 Å². The summed E-state index contributed by atoms with van der Waals surface area (Å²) in [6.07, 6.45) is 0.588. The number of nitrogens with two attached hydrogens (primary N) is 1. The molecule has 0 amide bonds. The van der Waals surface area contributed by atoms with Crippen LogP contribution in [-0.4, -0.2) is 15.1 Å². The molecule has 1 aromatic carbocycles. The fourth-order valence-electron chi connectivity index (χ4n) is 1.81. The standard InChI is InChI=1S/C14H13ClN4OS/c1-8(16)14-17-11(7-21-14)13-18-12(19-20-13)6-9-2-4-10(15)5-3-9/h2-5,7-8H,6,16H2,1H3. The highest BCUT2D eigenvalue weighted by molar-refractivity contribution is 7.10. The number of nitrogens with zero attached hydrogens (tertiary/aromatic N) is 3. The normalized spacial score (nSPS) is 12.5. The van der Waals surface area contributed by atoms with Gasteiger partial charge in [-0.25, -0.2) is 4.98 Å². The first-order valence-corrected chi connectivity index (χ1v) is 7.66. The van der Waals surface area contributed by atoms with Crippen LogP contribution >= 0.6 is 22.9 Å². The number of halogens is 1.